The van der Waals surface area contributed by atoms with Crippen molar-refractivity contribution in [3.63, 3.8) is 0 Å². The molecule has 2 heterocycles. The minimum atomic E-state index is -2.32. The van der Waals surface area contributed by atoms with Gasteiger partial charge in [0.05, 0.1) is 38.0 Å². The van der Waals surface area contributed by atoms with Crippen LogP contribution in [0.1, 0.15) is 41.5 Å². The Morgan fingerprint density at radius 3 is 1.63 bits per heavy atom. The lowest BCUT2D eigenvalue weighted by Gasteiger charge is -2.44. The highest BCUT2D eigenvalue weighted by molar-refractivity contribution is 6.74. The molecule has 2 saturated heterocycles. The van der Waals surface area contributed by atoms with Crippen LogP contribution >= 0.6 is 0 Å². The maximum atomic E-state index is 10.4. The number of hydrogen-bond acceptors (Lipinski definition) is 9. The number of nitrogens with zero attached hydrogens (tertiary/aromatic N) is 6. The first-order valence-corrected chi connectivity index (χ1v) is 18.8. The van der Waals surface area contributed by atoms with Crippen LogP contribution in [0.15, 0.2) is 10.2 Å². The normalized spacial score (nSPS) is 32.6. The van der Waals surface area contributed by atoms with Crippen molar-refractivity contribution in [1.29, 1.82) is 0 Å². The fourth-order valence-corrected chi connectivity index (χ4v) is 6.47. The van der Waals surface area contributed by atoms with Crippen LogP contribution in [0.2, 0.25) is 36.3 Å². The molecule has 218 valence electrons. The van der Waals surface area contributed by atoms with Crippen molar-refractivity contribution in [2.45, 2.75) is 127 Å². The van der Waals surface area contributed by atoms with E-state index in [1.54, 1.807) is 0 Å². The summed E-state index contributed by atoms with van der Waals surface area (Å²) in [6.45, 7) is 21.4. The second-order valence-corrected chi connectivity index (χ2v) is 22.6. The first-order valence-electron chi connectivity index (χ1n) is 13.0. The molecule has 2 N–H and O–H groups in total. The molecule has 0 aromatic rings. The molecule has 2 fully saturated rings. The number of aliphatic hydroxyl groups is 2. The van der Waals surface area contributed by atoms with Crippen LogP contribution in [0, 0.1) is 0 Å². The average Bonchev–Trinajstić information content (AvgIpc) is 3.23. The molecule has 38 heavy (non-hydrogen) atoms. The summed E-state index contributed by atoms with van der Waals surface area (Å²) in [5.41, 5.74) is 17.6. The van der Waals surface area contributed by atoms with E-state index in [1.165, 1.54) is 0 Å². The maximum Gasteiger partial charge on any atom is 0.192 e. The molecule has 0 saturated carbocycles. The van der Waals surface area contributed by atoms with Crippen molar-refractivity contribution in [3.05, 3.63) is 20.9 Å². The van der Waals surface area contributed by atoms with E-state index in [9.17, 15) is 10.2 Å². The van der Waals surface area contributed by atoms with Crippen LogP contribution in [0.3, 0.4) is 0 Å². The Hall–Kier alpha value is -1.23. The summed E-state index contributed by atoms with van der Waals surface area (Å²) in [4.78, 5) is 5.60. The Labute approximate surface area is 227 Å². The number of aliphatic hydroxyl groups excluding tert-OH is 2. The van der Waals surface area contributed by atoms with Crippen molar-refractivity contribution in [2.75, 3.05) is 19.7 Å². The van der Waals surface area contributed by atoms with Gasteiger partial charge in [0.2, 0.25) is 0 Å². The molecule has 2 aliphatic heterocycles. The van der Waals surface area contributed by atoms with Crippen molar-refractivity contribution in [2.24, 2.45) is 10.2 Å². The van der Waals surface area contributed by atoms with Gasteiger partial charge in [-0.15, -0.1) is 0 Å². The third-order valence-corrected chi connectivity index (χ3v) is 17.2. The van der Waals surface area contributed by atoms with Crippen LogP contribution < -0.4 is 0 Å². The molecule has 0 unspecified atom stereocenters. The smallest absolute Gasteiger partial charge is 0.192 e. The highest BCUT2D eigenvalue weighted by Gasteiger charge is 2.54. The van der Waals surface area contributed by atoms with Crippen molar-refractivity contribution in [1.82, 2.24) is 0 Å². The van der Waals surface area contributed by atoms with Gasteiger partial charge in [0, 0.05) is 9.82 Å². The van der Waals surface area contributed by atoms with Crippen LogP contribution in [-0.2, 0) is 23.1 Å². The largest absolute Gasteiger partial charge is 0.409 e. The van der Waals surface area contributed by atoms with E-state index in [2.05, 4.69) is 87.8 Å². The van der Waals surface area contributed by atoms with Gasteiger partial charge in [0.1, 0.15) is 24.4 Å². The number of rotatable bonds is 11. The highest BCUT2D eigenvalue weighted by Crippen LogP contribution is 2.44. The lowest BCUT2D eigenvalue weighted by molar-refractivity contribution is -0.184. The second kappa shape index (κ2) is 12.5. The lowest BCUT2D eigenvalue weighted by Crippen LogP contribution is -2.54. The standard InChI is InChI=1S/C23H46N6O7Si2/c1-22(2,3)37(7,8)35-19-15(12-27-29-25)33-16(20(19)36-38(9,10)23(4,5)6)13-32-21-18(31)17(30)14(34-21)11-26-28-24/h14-21,30-31H,11-13H2,1-10H3/t14-,15-,16-,17-,18+,19-,20-,21+/m1/s1. The summed E-state index contributed by atoms with van der Waals surface area (Å²) in [6, 6.07) is 0. The summed E-state index contributed by atoms with van der Waals surface area (Å²) >= 11 is 0. The molecule has 8 atom stereocenters. The molecule has 0 bridgehead atoms. The molecular formula is C23H46N6O7Si2. The molecule has 0 aromatic heterocycles. The van der Waals surface area contributed by atoms with Crippen LogP contribution in [-0.4, -0.2) is 95.6 Å². The number of ether oxygens (including phenoxy) is 3. The van der Waals surface area contributed by atoms with Crippen LogP contribution in [0.4, 0.5) is 0 Å². The number of azide groups is 2. The van der Waals surface area contributed by atoms with Gasteiger partial charge < -0.3 is 33.3 Å². The van der Waals surface area contributed by atoms with Gasteiger partial charge in [-0.25, -0.2) is 0 Å². The molecule has 2 aliphatic rings. The molecule has 0 aromatic carbocycles. The summed E-state index contributed by atoms with van der Waals surface area (Å²) in [5, 5.41) is 27.8. The predicted octanol–water partition coefficient (Wildman–Crippen LogP) is 4.62. The van der Waals surface area contributed by atoms with Gasteiger partial charge >= 0.3 is 0 Å². The second-order valence-electron chi connectivity index (χ2n) is 13.1. The zero-order chi connectivity index (χ0) is 29.1. The summed E-state index contributed by atoms with van der Waals surface area (Å²) < 4.78 is 31.6. The fraction of sp³-hybridized carbons (Fsp3) is 1.00. The van der Waals surface area contributed by atoms with E-state index in [0.717, 1.165) is 0 Å². The van der Waals surface area contributed by atoms with E-state index in [4.69, 9.17) is 34.1 Å². The fourth-order valence-electron chi connectivity index (χ4n) is 3.83. The van der Waals surface area contributed by atoms with Crippen LogP contribution in [0.5, 0.6) is 0 Å². The van der Waals surface area contributed by atoms with Gasteiger partial charge in [-0.05, 0) is 47.3 Å². The van der Waals surface area contributed by atoms with E-state index in [-0.39, 0.29) is 29.8 Å². The van der Waals surface area contributed by atoms with Crippen molar-refractivity contribution < 1.29 is 33.3 Å². The molecule has 2 rings (SSSR count). The molecule has 0 aliphatic carbocycles. The summed E-state index contributed by atoms with van der Waals surface area (Å²) in [5.74, 6) is 0. The van der Waals surface area contributed by atoms with Gasteiger partial charge in [-0.2, -0.15) is 0 Å². The van der Waals surface area contributed by atoms with Crippen molar-refractivity contribution >= 4 is 16.6 Å². The Balaban J connectivity index is 2.35. The topological polar surface area (TPSA) is 184 Å². The van der Waals surface area contributed by atoms with E-state index >= 15 is 0 Å². The quantitative estimate of drug-likeness (QED) is 0.156. The third-order valence-electron chi connectivity index (χ3n) is 8.27. The molecule has 13 nitrogen and oxygen atoms in total. The molecule has 0 radical (unpaired) electrons. The highest BCUT2D eigenvalue weighted by atomic mass is 28.4. The van der Waals surface area contributed by atoms with Crippen LogP contribution in [0.25, 0.3) is 20.9 Å². The van der Waals surface area contributed by atoms with Gasteiger partial charge in [-0.3, -0.25) is 0 Å². The van der Waals surface area contributed by atoms with E-state index in [0.29, 0.717) is 0 Å². The monoisotopic (exact) mass is 574 g/mol. The molecular weight excluding hydrogens is 528 g/mol. The minimum Gasteiger partial charge on any atom is -0.409 e. The molecule has 15 heteroatoms. The van der Waals surface area contributed by atoms with Crippen molar-refractivity contribution in [3.8, 4) is 0 Å². The molecule has 0 spiro atoms. The average molecular weight is 575 g/mol. The zero-order valence-electron chi connectivity index (χ0n) is 24.4. The SMILES string of the molecule is CC(C)(C)[Si](C)(C)O[C@H]1[C@H](O[Si](C)(C)C(C)(C)C)[C@@H](CO[C@H]2O[C@H](CN=[N+]=[N-])[C@@H](O)[C@@H]2O)O[C@@H]1CN=[N+]=[N-]. The molecule has 0 amide bonds. The first kappa shape index (κ1) is 33.0. The van der Waals surface area contributed by atoms with Gasteiger partial charge in [-0.1, -0.05) is 51.8 Å². The minimum absolute atomic E-state index is 0.0217. The van der Waals surface area contributed by atoms with Gasteiger partial charge in [0.25, 0.3) is 0 Å². The lowest BCUT2D eigenvalue weighted by atomic mass is 10.1. The Bertz CT molecular complexity index is 900. The van der Waals surface area contributed by atoms with E-state index in [1.807, 2.05) is 0 Å². The Morgan fingerprint density at radius 2 is 1.18 bits per heavy atom. The third kappa shape index (κ3) is 7.70. The predicted molar refractivity (Wildman–Crippen MR) is 147 cm³/mol. The zero-order valence-corrected chi connectivity index (χ0v) is 26.4. The number of hydrogen-bond donors (Lipinski definition) is 2. The maximum absolute atomic E-state index is 10.4. The van der Waals surface area contributed by atoms with Gasteiger partial charge in [0.15, 0.2) is 22.9 Å². The summed E-state index contributed by atoms with van der Waals surface area (Å²) in [6.07, 6.45) is -6.80. The Kier molecular flexibility index (Phi) is 10.9. The Morgan fingerprint density at radius 1 is 0.737 bits per heavy atom. The summed E-state index contributed by atoms with van der Waals surface area (Å²) in [7, 11) is -4.61. The van der Waals surface area contributed by atoms with E-state index < -0.39 is 65.7 Å². The first-order chi connectivity index (χ1) is 17.4.